The van der Waals surface area contributed by atoms with E-state index in [1.807, 2.05) is 10.9 Å². The average molecular weight is 325 g/mol. The number of rotatable bonds is 10. The Hall–Kier alpha value is -0.290. The molecule has 0 aliphatic heterocycles. The fourth-order valence-electron chi connectivity index (χ4n) is 2.05. The summed E-state index contributed by atoms with van der Waals surface area (Å²) >= 11 is 0. The molecule has 1 N–H and O–H groups in total. The maximum absolute atomic E-state index is 4.33. The average Bonchev–Trinajstić information content (AvgIpc) is 2.82. The first-order valence-corrected chi connectivity index (χ1v) is 7.24. The third kappa shape index (κ3) is 8.80. The van der Waals surface area contributed by atoms with E-state index in [-0.39, 0.29) is 24.8 Å². The van der Waals surface area contributed by atoms with E-state index in [1.54, 1.807) is 0 Å². The van der Waals surface area contributed by atoms with Gasteiger partial charge in [-0.2, -0.15) is 5.10 Å². The molecule has 4 nitrogen and oxygen atoms in total. The molecule has 1 heterocycles. The van der Waals surface area contributed by atoms with Crippen LogP contribution in [0.15, 0.2) is 12.4 Å². The standard InChI is InChI=1S/C14H28N4.2ClH/c1-4-9-18-13-14(12-16-18)11-15-8-7-10-17(5-2)6-3;;/h12-13,15H,4-11H2,1-3H3;2*1H. The van der Waals surface area contributed by atoms with Gasteiger partial charge in [0.05, 0.1) is 6.20 Å². The fourth-order valence-corrected chi connectivity index (χ4v) is 2.05. The summed E-state index contributed by atoms with van der Waals surface area (Å²) in [5, 5.41) is 7.81. The Morgan fingerprint density at radius 1 is 1.20 bits per heavy atom. The highest BCUT2D eigenvalue weighted by molar-refractivity contribution is 5.85. The molecule has 1 aromatic heterocycles. The lowest BCUT2D eigenvalue weighted by molar-refractivity contribution is 0.298. The smallest absolute Gasteiger partial charge is 0.0534 e. The van der Waals surface area contributed by atoms with Gasteiger partial charge in [-0.1, -0.05) is 20.8 Å². The number of nitrogens with one attached hydrogen (secondary N) is 1. The van der Waals surface area contributed by atoms with Crippen LogP contribution in [0, 0.1) is 0 Å². The number of hydrogen-bond acceptors (Lipinski definition) is 3. The van der Waals surface area contributed by atoms with E-state index < -0.39 is 0 Å². The number of aromatic nitrogens is 2. The normalized spacial score (nSPS) is 10.2. The predicted octanol–water partition coefficient (Wildman–Crippen LogP) is 2.96. The fraction of sp³-hybridized carbons (Fsp3) is 0.786. The minimum absolute atomic E-state index is 0. The van der Waals surface area contributed by atoms with E-state index in [0.717, 1.165) is 39.1 Å². The van der Waals surface area contributed by atoms with Crippen LogP contribution in [0.1, 0.15) is 39.2 Å². The summed E-state index contributed by atoms with van der Waals surface area (Å²) in [5.41, 5.74) is 1.28. The van der Waals surface area contributed by atoms with Crippen molar-refractivity contribution in [3.63, 3.8) is 0 Å². The molecule has 0 bridgehead atoms. The van der Waals surface area contributed by atoms with Crippen LogP contribution in [-0.2, 0) is 13.1 Å². The molecule has 0 saturated carbocycles. The Kier molecular flexibility index (Phi) is 15.0. The monoisotopic (exact) mass is 324 g/mol. The maximum atomic E-state index is 4.33. The molecule has 0 fully saturated rings. The van der Waals surface area contributed by atoms with Crippen molar-refractivity contribution in [2.75, 3.05) is 26.2 Å². The summed E-state index contributed by atoms with van der Waals surface area (Å²) in [6.07, 6.45) is 6.46. The van der Waals surface area contributed by atoms with E-state index in [1.165, 1.54) is 18.5 Å². The topological polar surface area (TPSA) is 33.1 Å². The molecule has 0 saturated heterocycles. The van der Waals surface area contributed by atoms with Crippen LogP contribution in [0.4, 0.5) is 0 Å². The van der Waals surface area contributed by atoms with Crippen molar-refractivity contribution in [3.8, 4) is 0 Å². The Morgan fingerprint density at radius 2 is 1.90 bits per heavy atom. The van der Waals surface area contributed by atoms with Gasteiger partial charge in [-0.05, 0) is 39.0 Å². The lowest BCUT2D eigenvalue weighted by Gasteiger charge is -2.17. The van der Waals surface area contributed by atoms with E-state index in [4.69, 9.17) is 0 Å². The van der Waals surface area contributed by atoms with Crippen molar-refractivity contribution < 1.29 is 0 Å². The van der Waals surface area contributed by atoms with Gasteiger partial charge in [0, 0.05) is 24.8 Å². The molecule has 0 aromatic carbocycles. The van der Waals surface area contributed by atoms with Crippen molar-refractivity contribution in [1.29, 1.82) is 0 Å². The van der Waals surface area contributed by atoms with Gasteiger partial charge in [0.1, 0.15) is 0 Å². The zero-order valence-corrected chi connectivity index (χ0v) is 14.6. The van der Waals surface area contributed by atoms with Crippen LogP contribution in [0.3, 0.4) is 0 Å². The number of nitrogens with zero attached hydrogens (tertiary/aromatic N) is 3. The highest BCUT2D eigenvalue weighted by atomic mass is 35.5. The third-order valence-electron chi connectivity index (χ3n) is 3.19. The van der Waals surface area contributed by atoms with Crippen molar-refractivity contribution in [2.45, 2.75) is 46.7 Å². The van der Waals surface area contributed by atoms with Gasteiger partial charge in [-0.15, -0.1) is 24.8 Å². The van der Waals surface area contributed by atoms with Crippen LogP contribution in [-0.4, -0.2) is 40.9 Å². The lowest BCUT2D eigenvalue weighted by atomic mass is 10.3. The van der Waals surface area contributed by atoms with Gasteiger partial charge in [0.2, 0.25) is 0 Å². The second-order valence-electron chi connectivity index (χ2n) is 4.67. The predicted molar refractivity (Wildman–Crippen MR) is 91.1 cm³/mol. The summed E-state index contributed by atoms with van der Waals surface area (Å²) in [6.45, 7) is 13.1. The van der Waals surface area contributed by atoms with Crippen molar-refractivity contribution >= 4 is 24.8 Å². The minimum Gasteiger partial charge on any atom is -0.313 e. The van der Waals surface area contributed by atoms with Crippen LogP contribution >= 0.6 is 24.8 Å². The molecule has 1 aromatic rings. The van der Waals surface area contributed by atoms with Crippen LogP contribution in [0.2, 0.25) is 0 Å². The SMILES string of the molecule is CCCn1cc(CNCCCN(CC)CC)cn1.Cl.Cl. The minimum atomic E-state index is 0. The van der Waals surface area contributed by atoms with Crippen molar-refractivity contribution in [3.05, 3.63) is 18.0 Å². The summed E-state index contributed by atoms with van der Waals surface area (Å²) in [6, 6.07) is 0. The molecule has 1 rings (SSSR count). The summed E-state index contributed by atoms with van der Waals surface area (Å²) in [4.78, 5) is 2.46. The zero-order valence-electron chi connectivity index (χ0n) is 13.0. The first kappa shape index (κ1) is 22.0. The van der Waals surface area contributed by atoms with Gasteiger partial charge in [-0.25, -0.2) is 0 Å². The van der Waals surface area contributed by atoms with E-state index >= 15 is 0 Å². The molecular formula is C14H30Cl2N4. The third-order valence-corrected chi connectivity index (χ3v) is 3.19. The zero-order chi connectivity index (χ0) is 13.2. The molecule has 0 spiro atoms. The van der Waals surface area contributed by atoms with Crippen molar-refractivity contribution in [2.24, 2.45) is 0 Å². The van der Waals surface area contributed by atoms with Gasteiger partial charge in [0.15, 0.2) is 0 Å². The first-order valence-electron chi connectivity index (χ1n) is 7.24. The molecule has 20 heavy (non-hydrogen) atoms. The van der Waals surface area contributed by atoms with E-state index in [0.29, 0.717) is 0 Å². The summed E-state index contributed by atoms with van der Waals surface area (Å²) in [7, 11) is 0. The number of halogens is 2. The van der Waals surface area contributed by atoms with Crippen LogP contribution in [0.5, 0.6) is 0 Å². The molecule has 0 unspecified atom stereocenters. The molecule has 0 aliphatic rings. The highest BCUT2D eigenvalue weighted by Gasteiger charge is 1.99. The molecule has 0 amide bonds. The second-order valence-corrected chi connectivity index (χ2v) is 4.67. The molecule has 120 valence electrons. The quantitative estimate of drug-likeness (QED) is 0.672. The second kappa shape index (κ2) is 13.7. The molecule has 0 atom stereocenters. The molecule has 0 radical (unpaired) electrons. The van der Waals surface area contributed by atoms with Gasteiger partial charge in [-0.3, -0.25) is 4.68 Å². The van der Waals surface area contributed by atoms with Crippen molar-refractivity contribution in [1.82, 2.24) is 20.0 Å². The number of hydrogen-bond donors (Lipinski definition) is 1. The summed E-state index contributed by atoms with van der Waals surface area (Å²) < 4.78 is 2.02. The van der Waals surface area contributed by atoms with Gasteiger partial charge < -0.3 is 10.2 Å². The number of aryl methyl sites for hydroxylation is 1. The first-order chi connectivity index (χ1) is 8.80. The van der Waals surface area contributed by atoms with E-state index in [2.05, 4.69) is 42.3 Å². The highest BCUT2D eigenvalue weighted by Crippen LogP contribution is 1.98. The van der Waals surface area contributed by atoms with Gasteiger partial charge >= 0.3 is 0 Å². The largest absolute Gasteiger partial charge is 0.313 e. The molecular weight excluding hydrogens is 295 g/mol. The Balaban J connectivity index is 0. The van der Waals surface area contributed by atoms with Crippen LogP contribution < -0.4 is 5.32 Å². The maximum Gasteiger partial charge on any atom is 0.0534 e. The Bertz CT molecular complexity index is 314. The van der Waals surface area contributed by atoms with E-state index in [9.17, 15) is 0 Å². The molecule has 6 heteroatoms. The summed E-state index contributed by atoms with van der Waals surface area (Å²) in [5.74, 6) is 0. The lowest BCUT2D eigenvalue weighted by Crippen LogP contribution is -2.27. The van der Waals surface area contributed by atoms with Gasteiger partial charge in [0.25, 0.3) is 0 Å². The Morgan fingerprint density at radius 3 is 2.50 bits per heavy atom. The Labute approximate surface area is 136 Å². The molecule has 0 aliphatic carbocycles. The van der Waals surface area contributed by atoms with Crippen LogP contribution in [0.25, 0.3) is 0 Å².